The van der Waals surface area contributed by atoms with Gasteiger partial charge in [0.2, 0.25) is 12.7 Å². The highest BCUT2D eigenvalue weighted by atomic mass is 79.9. The highest BCUT2D eigenvalue weighted by Crippen LogP contribution is 2.39. The van der Waals surface area contributed by atoms with Gasteiger partial charge in [0, 0.05) is 6.42 Å². The minimum atomic E-state index is -2.96. The number of rotatable bonds is 4. The number of halogens is 1. The molecule has 1 atom stereocenters. The van der Waals surface area contributed by atoms with E-state index in [1.54, 1.807) is 12.1 Å². The molecular weight excluding hydrogens is 388 g/mol. The lowest BCUT2D eigenvalue weighted by atomic mass is 10.1. The van der Waals surface area contributed by atoms with Gasteiger partial charge in [-0.15, -0.1) is 0 Å². The van der Waals surface area contributed by atoms with Crippen LogP contribution in [0.25, 0.3) is 0 Å². The molecule has 1 N–H and O–H groups in total. The van der Waals surface area contributed by atoms with Crippen molar-refractivity contribution in [3.05, 3.63) is 22.2 Å². The maximum Gasteiger partial charge on any atom is 0.240 e. The molecule has 0 aromatic heterocycles. The van der Waals surface area contributed by atoms with Crippen molar-refractivity contribution in [3.63, 3.8) is 0 Å². The number of ether oxygens (including phenoxy) is 2. The second-order valence-electron chi connectivity index (χ2n) is 5.50. The van der Waals surface area contributed by atoms with E-state index in [9.17, 15) is 13.2 Å². The normalized spacial score (nSPS) is 21.7. The fourth-order valence-corrected chi connectivity index (χ4v) is 5.02. The summed E-state index contributed by atoms with van der Waals surface area (Å²) in [5.41, 5.74) is 3.16. The van der Waals surface area contributed by atoms with E-state index < -0.39 is 9.84 Å². The molecule has 2 aliphatic heterocycles. The molecular formula is C14H15BrN2O5S. The number of nitrogens with zero attached hydrogens (tertiary/aromatic N) is 1. The van der Waals surface area contributed by atoms with E-state index in [1.807, 2.05) is 0 Å². The number of fused-ring (bicyclic) bond motifs is 1. The Bertz CT molecular complexity index is 763. The van der Waals surface area contributed by atoms with E-state index in [4.69, 9.17) is 9.47 Å². The summed E-state index contributed by atoms with van der Waals surface area (Å²) in [6, 6.07) is 3.55. The van der Waals surface area contributed by atoms with E-state index >= 15 is 0 Å². The maximum absolute atomic E-state index is 11.8. The van der Waals surface area contributed by atoms with Crippen molar-refractivity contribution in [1.29, 1.82) is 0 Å². The van der Waals surface area contributed by atoms with Crippen LogP contribution in [0.3, 0.4) is 0 Å². The zero-order chi connectivity index (χ0) is 16.4. The Hall–Kier alpha value is -1.61. The average molecular weight is 403 g/mol. The van der Waals surface area contributed by atoms with Crippen LogP contribution in [0.4, 0.5) is 0 Å². The number of amides is 1. The van der Waals surface area contributed by atoms with Gasteiger partial charge in [-0.25, -0.2) is 13.8 Å². The minimum Gasteiger partial charge on any atom is -0.454 e. The number of hydrazone groups is 1. The van der Waals surface area contributed by atoms with Crippen molar-refractivity contribution in [2.75, 3.05) is 18.3 Å². The quantitative estimate of drug-likeness (QED) is 0.607. The molecule has 23 heavy (non-hydrogen) atoms. The summed E-state index contributed by atoms with van der Waals surface area (Å²) in [7, 11) is -2.96. The van der Waals surface area contributed by atoms with Crippen molar-refractivity contribution >= 4 is 37.9 Å². The largest absolute Gasteiger partial charge is 0.454 e. The Balaban J connectivity index is 1.55. The Morgan fingerprint density at radius 3 is 3.00 bits per heavy atom. The molecule has 3 rings (SSSR count). The molecule has 124 valence electrons. The molecule has 9 heteroatoms. The van der Waals surface area contributed by atoms with Gasteiger partial charge in [-0.1, -0.05) is 0 Å². The summed E-state index contributed by atoms with van der Waals surface area (Å²) in [6.07, 6.45) is 2.20. The molecule has 1 amide bonds. The maximum atomic E-state index is 11.8. The van der Waals surface area contributed by atoms with E-state index in [-0.39, 0.29) is 36.5 Å². The number of carbonyl (C=O) groups is 1. The van der Waals surface area contributed by atoms with Gasteiger partial charge in [0.1, 0.15) is 0 Å². The van der Waals surface area contributed by atoms with Crippen LogP contribution in [-0.4, -0.2) is 38.8 Å². The first kappa shape index (κ1) is 16.3. The molecule has 1 fully saturated rings. The Kier molecular flexibility index (Phi) is 4.58. The van der Waals surface area contributed by atoms with Crippen LogP contribution in [0.15, 0.2) is 21.7 Å². The second-order valence-corrected chi connectivity index (χ2v) is 8.59. The summed E-state index contributed by atoms with van der Waals surface area (Å²) < 4.78 is 34.0. The first-order chi connectivity index (χ1) is 10.9. The highest BCUT2D eigenvalue weighted by Gasteiger charge is 2.29. The number of benzene rings is 1. The van der Waals surface area contributed by atoms with Gasteiger partial charge in [0.25, 0.3) is 0 Å². The second kappa shape index (κ2) is 6.48. The predicted molar refractivity (Wildman–Crippen MR) is 87.4 cm³/mol. The molecule has 0 saturated carbocycles. The van der Waals surface area contributed by atoms with Crippen LogP contribution in [0.1, 0.15) is 18.4 Å². The van der Waals surface area contributed by atoms with Crippen LogP contribution in [0.5, 0.6) is 11.5 Å². The third-order valence-electron chi connectivity index (χ3n) is 3.65. The van der Waals surface area contributed by atoms with Crippen molar-refractivity contribution in [1.82, 2.24) is 5.43 Å². The third-order valence-corrected chi connectivity index (χ3v) is 6.08. The zero-order valence-electron chi connectivity index (χ0n) is 12.1. The smallest absolute Gasteiger partial charge is 0.240 e. The van der Waals surface area contributed by atoms with Gasteiger partial charge in [0.05, 0.1) is 22.2 Å². The summed E-state index contributed by atoms with van der Waals surface area (Å²) >= 11 is 3.38. The van der Waals surface area contributed by atoms with Crippen LogP contribution < -0.4 is 14.9 Å². The molecule has 7 nitrogen and oxygen atoms in total. The summed E-state index contributed by atoms with van der Waals surface area (Å²) in [6.45, 7) is 0.176. The number of sulfone groups is 1. The number of hydrogen-bond donors (Lipinski definition) is 1. The SMILES string of the molecule is O=C(C[C@H]1CCS(=O)(=O)C1)N/N=C\c1cc(Br)c2c(c1)OCO2. The van der Waals surface area contributed by atoms with Gasteiger partial charge in [-0.05, 0) is 46.0 Å². The minimum absolute atomic E-state index is 0.0826. The monoisotopic (exact) mass is 402 g/mol. The molecule has 2 aliphatic rings. The molecule has 0 radical (unpaired) electrons. The zero-order valence-corrected chi connectivity index (χ0v) is 14.5. The number of hydrogen-bond acceptors (Lipinski definition) is 6. The third kappa shape index (κ3) is 4.03. The van der Waals surface area contributed by atoms with E-state index in [0.717, 1.165) is 10.0 Å². The summed E-state index contributed by atoms with van der Waals surface area (Å²) in [5.74, 6) is 1.11. The lowest BCUT2D eigenvalue weighted by Gasteiger charge is -2.05. The van der Waals surface area contributed by atoms with E-state index in [1.165, 1.54) is 6.21 Å². The Morgan fingerprint density at radius 1 is 1.43 bits per heavy atom. The van der Waals surface area contributed by atoms with Crippen LogP contribution >= 0.6 is 15.9 Å². The van der Waals surface area contributed by atoms with E-state index in [0.29, 0.717) is 17.9 Å². The first-order valence-corrected chi connectivity index (χ1v) is 9.66. The van der Waals surface area contributed by atoms with E-state index in [2.05, 4.69) is 26.5 Å². The predicted octanol–water partition coefficient (Wildman–Crippen LogP) is 1.45. The van der Waals surface area contributed by atoms with Gasteiger partial charge < -0.3 is 9.47 Å². The van der Waals surface area contributed by atoms with Crippen LogP contribution in [0, 0.1) is 5.92 Å². The molecule has 0 bridgehead atoms. The fourth-order valence-electron chi connectivity index (χ4n) is 2.58. The Morgan fingerprint density at radius 2 is 2.26 bits per heavy atom. The average Bonchev–Trinajstić information content (AvgIpc) is 3.05. The molecule has 0 aliphatic carbocycles. The van der Waals surface area contributed by atoms with Crippen molar-refractivity contribution in [2.24, 2.45) is 11.0 Å². The summed E-state index contributed by atoms with van der Waals surface area (Å²) in [4.78, 5) is 11.8. The molecule has 0 spiro atoms. The molecule has 1 saturated heterocycles. The molecule has 2 heterocycles. The number of nitrogens with one attached hydrogen (secondary N) is 1. The van der Waals surface area contributed by atoms with Crippen molar-refractivity contribution in [2.45, 2.75) is 12.8 Å². The standard InChI is InChI=1S/C14H15BrN2O5S/c15-11-3-10(4-12-14(11)22-8-21-12)6-16-17-13(18)5-9-1-2-23(19,20)7-9/h3-4,6,9H,1-2,5,7-8H2,(H,17,18)/b16-6-/t9-/m1/s1. The fraction of sp³-hybridized carbons (Fsp3) is 0.429. The van der Waals surface area contributed by atoms with Gasteiger partial charge in [-0.2, -0.15) is 5.10 Å². The molecule has 1 aromatic carbocycles. The molecule has 0 unspecified atom stereocenters. The topological polar surface area (TPSA) is 94.1 Å². The Labute approximate surface area is 142 Å². The summed E-state index contributed by atoms with van der Waals surface area (Å²) in [5, 5.41) is 3.90. The first-order valence-electron chi connectivity index (χ1n) is 7.04. The van der Waals surface area contributed by atoms with Crippen LogP contribution in [-0.2, 0) is 14.6 Å². The van der Waals surface area contributed by atoms with Crippen molar-refractivity contribution in [3.8, 4) is 11.5 Å². The van der Waals surface area contributed by atoms with Crippen molar-refractivity contribution < 1.29 is 22.7 Å². The lowest BCUT2D eigenvalue weighted by molar-refractivity contribution is -0.121. The lowest BCUT2D eigenvalue weighted by Crippen LogP contribution is -2.21. The van der Waals surface area contributed by atoms with Gasteiger partial charge in [-0.3, -0.25) is 4.79 Å². The number of carbonyl (C=O) groups excluding carboxylic acids is 1. The molecule has 1 aromatic rings. The van der Waals surface area contributed by atoms with Gasteiger partial charge >= 0.3 is 0 Å². The van der Waals surface area contributed by atoms with Crippen LogP contribution in [0.2, 0.25) is 0 Å². The highest BCUT2D eigenvalue weighted by molar-refractivity contribution is 9.10. The van der Waals surface area contributed by atoms with Gasteiger partial charge in [0.15, 0.2) is 21.3 Å².